The van der Waals surface area contributed by atoms with Crippen molar-refractivity contribution in [3.8, 4) is 28.1 Å². The summed E-state index contributed by atoms with van der Waals surface area (Å²) in [5, 5.41) is 13.9. The van der Waals surface area contributed by atoms with Crippen LogP contribution in [0.1, 0.15) is 89.1 Å². The van der Waals surface area contributed by atoms with Gasteiger partial charge in [0.2, 0.25) is 11.8 Å². The summed E-state index contributed by atoms with van der Waals surface area (Å²) in [4.78, 5) is 58.8. The van der Waals surface area contributed by atoms with Gasteiger partial charge in [-0.2, -0.15) is 0 Å². The van der Waals surface area contributed by atoms with E-state index in [1.807, 2.05) is 36.2 Å². The summed E-state index contributed by atoms with van der Waals surface area (Å²) in [6.45, 7) is 11.9. The minimum Gasteiger partial charge on any atom is -0.488 e. The van der Waals surface area contributed by atoms with Gasteiger partial charge in [0.15, 0.2) is 0 Å². The molecule has 0 aliphatic carbocycles. The van der Waals surface area contributed by atoms with Crippen molar-refractivity contribution in [2.45, 2.75) is 92.1 Å². The monoisotopic (exact) mass is 769 g/mol. The van der Waals surface area contributed by atoms with E-state index in [2.05, 4.69) is 78.3 Å². The molecule has 1 aliphatic heterocycles. The summed E-state index contributed by atoms with van der Waals surface area (Å²) in [5.74, 6) is 2.29. The number of carbonyl (C=O) groups excluding carboxylic acids is 2. The number of hydrogen-bond acceptors (Lipinski definition) is 6. The van der Waals surface area contributed by atoms with Gasteiger partial charge in [0.25, 0.3) is 0 Å². The third-order valence-corrected chi connectivity index (χ3v) is 11.1. The van der Waals surface area contributed by atoms with Crippen molar-refractivity contribution in [1.29, 1.82) is 0 Å². The molecular formula is C45H51N7O5. The molecule has 12 nitrogen and oxygen atoms in total. The Labute approximate surface area is 332 Å². The Morgan fingerprint density at radius 2 is 1.72 bits per heavy atom. The number of nitrogens with zero attached hydrogens (tertiary/aromatic N) is 4. The number of ether oxygens (including phenoxy) is 1. The Bertz CT molecular complexity index is 2400. The molecule has 0 spiro atoms. The second-order valence-electron chi connectivity index (χ2n) is 15.2. The topological polar surface area (TPSA) is 157 Å². The van der Waals surface area contributed by atoms with Crippen molar-refractivity contribution in [2.75, 3.05) is 6.54 Å². The van der Waals surface area contributed by atoms with Gasteiger partial charge >= 0.3 is 6.09 Å². The average molecular weight is 770 g/mol. The van der Waals surface area contributed by atoms with Crippen LogP contribution in [0.4, 0.5) is 4.79 Å². The van der Waals surface area contributed by atoms with E-state index in [1.54, 1.807) is 29.2 Å². The zero-order chi connectivity index (χ0) is 40.2. The fourth-order valence-corrected chi connectivity index (χ4v) is 7.56. The lowest BCUT2D eigenvalue weighted by Crippen LogP contribution is -2.42. The normalized spacial score (nSPS) is 13.6. The minimum absolute atomic E-state index is 0.119. The van der Waals surface area contributed by atoms with Crippen LogP contribution in [0.2, 0.25) is 0 Å². The van der Waals surface area contributed by atoms with Gasteiger partial charge in [0, 0.05) is 30.0 Å². The number of benzene rings is 4. The molecule has 0 unspecified atom stereocenters. The van der Waals surface area contributed by atoms with E-state index in [0.29, 0.717) is 49.8 Å². The number of hydrogen-bond donors (Lipinski definition) is 4. The molecule has 0 radical (unpaired) electrons. The van der Waals surface area contributed by atoms with Gasteiger partial charge < -0.3 is 34.9 Å². The van der Waals surface area contributed by atoms with Gasteiger partial charge in [-0.05, 0) is 77.6 Å². The van der Waals surface area contributed by atoms with Gasteiger partial charge in [-0.15, -0.1) is 0 Å². The van der Waals surface area contributed by atoms with E-state index < -0.39 is 12.1 Å². The first-order valence-corrected chi connectivity index (χ1v) is 19.9. The van der Waals surface area contributed by atoms with Crippen molar-refractivity contribution in [1.82, 2.24) is 35.1 Å². The number of rotatable bonds is 15. The summed E-state index contributed by atoms with van der Waals surface area (Å²) in [6, 6.07) is 22.6. The van der Waals surface area contributed by atoms with Gasteiger partial charge in [-0.25, -0.2) is 14.8 Å². The largest absolute Gasteiger partial charge is 0.488 e. The molecule has 3 amide bonds. The van der Waals surface area contributed by atoms with Gasteiger partial charge in [-0.3, -0.25) is 9.59 Å². The molecule has 296 valence electrons. The van der Waals surface area contributed by atoms with Crippen molar-refractivity contribution in [3.05, 3.63) is 102 Å². The molecule has 12 heteroatoms. The Kier molecular flexibility index (Phi) is 11.6. The molecular weight excluding hydrogens is 719 g/mol. The number of imidazole rings is 2. The molecule has 3 heterocycles. The number of H-pyrrole nitrogens is 2. The maximum atomic E-state index is 13.8. The Balaban J connectivity index is 1.12. The Morgan fingerprint density at radius 3 is 2.46 bits per heavy atom. The lowest BCUT2D eigenvalue weighted by molar-refractivity contribution is -0.135. The summed E-state index contributed by atoms with van der Waals surface area (Å²) in [7, 11) is 0. The average Bonchev–Trinajstić information content (AvgIpc) is 3.87. The quantitative estimate of drug-likeness (QED) is 0.0812. The highest BCUT2D eigenvalue weighted by Gasteiger charge is 2.29. The highest BCUT2D eigenvalue weighted by atomic mass is 16.5. The van der Waals surface area contributed by atoms with Gasteiger partial charge in [0.1, 0.15) is 30.0 Å². The molecule has 0 fully saturated rings. The maximum absolute atomic E-state index is 13.8. The summed E-state index contributed by atoms with van der Waals surface area (Å²) in [6.07, 6.45) is 3.65. The fourth-order valence-electron chi connectivity index (χ4n) is 7.56. The molecule has 57 heavy (non-hydrogen) atoms. The molecule has 3 atom stereocenters. The predicted molar refractivity (Wildman–Crippen MR) is 221 cm³/mol. The lowest BCUT2D eigenvalue weighted by Gasteiger charge is -2.29. The van der Waals surface area contributed by atoms with Crippen LogP contribution in [0.3, 0.4) is 0 Å². The third kappa shape index (κ3) is 8.35. The number of nitrogens with one attached hydrogen (secondary N) is 3. The number of carbonyl (C=O) groups is 3. The van der Waals surface area contributed by atoms with Gasteiger partial charge in [-0.1, -0.05) is 82.6 Å². The van der Waals surface area contributed by atoms with E-state index >= 15 is 0 Å². The van der Waals surface area contributed by atoms with Crippen LogP contribution in [-0.2, 0) is 29.3 Å². The zero-order valence-corrected chi connectivity index (χ0v) is 33.3. The van der Waals surface area contributed by atoms with Crippen molar-refractivity contribution in [2.24, 2.45) is 5.92 Å². The number of aromatic amines is 2. The molecule has 4 N–H and O–H groups in total. The van der Waals surface area contributed by atoms with Crippen LogP contribution in [0.25, 0.3) is 44.2 Å². The first-order chi connectivity index (χ1) is 27.6. The smallest absolute Gasteiger partial charge is 0.405 e. The van der Waals surface area contributed by atoms with Crippen molar-refractivity contribution in [3.63, 3.8) is 0 Å². The van der Waals surface area contributed by atoms with Crippen LogP contribution in [0.15, 0.2) is 79.0 Å². The standard InChI is InChI=1S/C45H51N7O5/c1-6-18-51(44(54)42(50-45(55)56)29-12-10-9-11-13-29)24-40-47-36-17-15-30-21-35-33-16-14-31(20-32(33)26-57-38(35)22-34(30)43(36)49-40)37-23-46-39(48-37)25-52(28(5)8-3)41(53)19-27(4)7-2/h9-17,20-23,27-28,42,50H,6-8,18-19,24-26H2,1-5H3,(H,46,48)(H,47,49)(H,55,56)/t27-,28-,42+/m0/s1. The second-order valence-corrected chi connectivity index (χ2v) is 15.2. The van der Waals surface area contributed by atoms with E-state index in [1.165, 1.54) is 0 Å². The molecule has 4 aromatic carbocycles. The van der Waals surface area contributed by atoms with Crippen molar-refractivity contribution >= 4 is 39.7 Å². The van der Waals surface area contributed by atoms with Crippen LogP contribution in [-0.4, -0.2) is 65.3 Å². The number of carboxylic acid groups (broad SMARTS) is 1. The lowest BCUT2D eigenvalue weighted by atomic mass is 9.92. The molecule has 0 bridgehead atoms. The van der Waals surface area contributed by atoms with Gasteiger partial charge in [0.05, 0.1) is 36.0 Å². The van der Waals surface area contributed by atoms with E-state index in [4.69, 9.17) is 9.72 Å². The van der Waals surface area contributed by atoms with E-state index in [9.17, 15) is 19.5 Å². The van der Waals surface area contributed by atoms with Crippen LogP contribution in [0, 0.1) is 5.92 Å². The third-order valence-electron chi connectivity index (χ3n) is 11.1. The summed E-state index contributed by atoms with van der Waals surface area (Å²) in [5.41, 5.74) is 7.22. The number of amides is 3. The maximum Gasteiger partial charge on any atom is 0.405 e. The summed E-state index contributed by atoms with van der Waals surface area (Å²) >= 11 is 0. The zero-order valence-electron chi connectivity index (χ0n) is 33.3. The van der Waals surface area contributed by atoms with Crippen LogP contribution in [0.5, 0.6) is 5.75 Å². The molecule has 0 saturated heterocycles. The highest BCUT2D eigenvalue weighted by Crippen LogP contribution is 2.42. The Morgan fingerprint density at radius 1 is 0.912 bits per heavy atom. The van der Waals surface area contributed by atoms with E-state index in [0.717, 1.165) is 74.2 Å². The Hall–Kier alpha value is -6.17. The van der Waals surface area contributed by atoms with Crippen LogP contribution >= 0.6 is 0 Å². The first kappa shape index (κ1) is 39.1. The predicted octanol–water partition coefficient (Wildman–Crippen LogP) is 8.98. The molecule has 0 saturated carbocycles. The molecule has 1 aliphatic rings. The molecule has 6 aromatic rings. The molecule has 7 rings (SSSR count). The second kappa shape index (κ2) is 16.9. The minimum atomic E-state index is -1.27. The molecule has 2 aromatic heterocycles. The first-order valence-electron chi connectivity index (χ1n) is 19.9. The summed E-state index contributed by atoms with van der Waals surface area (Å²) < 4.78 is 6.38. The fraction of sp³-hybridized carbons (Fsp3) is 0.356. The number of aromatic nitrogens is 4. The number of fused-ring (bicyclic) bond motifs is 6. The van der Waals surface area contributed by atoms with E-state index in [-0.39, 0.29) is 24.4 Å². The highest BCUT2D eigenvalue weighted by molar-refractivity contribution is 6.07. The van der Waals surface area contributed by atoms with Crippen LogP contribution < -0.4 is 10.1 Å². The SMILES string of the molecule is CCCN(Cc1nc2c(ccc3cc4c(cc32)OCc2cc(-c3cnc(CN(C(=O)C[C@@H](C)CC)[C@@H](C)CC)[nH]3)ccc2-4)[nH]1)C(=O)[C@H](NC(=O)O)c1ccccc1. The van der Waals surface area contributed by atoms with Crippen molar-refractivity contribution < 1.29 is 24.2 Å².